The van der Waals surface area contributed by atoms with Crippen molar-refractivity contribution in [2.75, 3.05) is 17.9 Å². The van der Waals surface area contributed by atoms with E-state index in [4.69, 9.17) is 4.74 Å². The van der Waals surface area contributed by atoms with Crippen LogP contribution in [0.2, 0.25) is 0 Å². The number of nitrogens with one attached hydrogen (secondary N) is 3. The first-order valence-electron chi connectivity index (χ1n) is 8.38. The van der Waals surface area contributed by atoms with Crippen molar-refractivity contribution in [2.45, 2.75) is 6.92 Å². The van der Waals surface area contributed by atoms with Crippen LogP contribution in [0, 0.1) is 17.0 Å². The minimum atomic E-state index is -0.655. The molecule has 3 N–H and O–H groups in total. The van der Waals surface area contributed by atoms with E-state index in [1.807, 2.05) is 0 Å². The van der Waals surface area contributed by atoms with Crippen LogP contribution in [0.25, 0.3) is 0 Å². The van der Waals surface area contributed by atoms with Gasteiger partial charge in [0.15, 0.2) is 0 Å². The lowest BCUT2D eigenvalue weighted by Crippen LogP contribution is -2.30. The topological polar surface area (TPSA) is 144 Å². The van der Waals surface area contributed by atoms with Crippen molar-refractivity contribution in [1.29, 1.82) is 0 Å². The fourth-order valence-electron chi connectivity index (χ4n) is 2.48. The molecule has 2 heterocycles. The summed E-state index contributed by atoms with van der Waals surface area (Å²) in [5, 5.41) is 14.4. The molecule has 0 aliphatic rings. The molecule has 2 aromatic heterocycles. The van der Waals surface area contributed by atoms with Crippen LogP contribution in [0.1, 0.15) is 15.9 Å². The lowest BCUT2D eigenvalue weighted by atomic mass is 10.2. The SMILES string of the molecule is COc1ccccc1C(=O)NNc1ncnc(Nc2ncccc2C)c1[N+](=O)[O-]. The number of pyridine rings is 1. The van der Waals surface area contributed by atoms with Crippen LogP contribution in [0.15, 0.2) is 48.9 Å². The van der Waals surface area contributed by atoms with Gasteiger partial charge in [0.2, 0.25) is 11.6 Å². The number of hydrogen-bond donors (Lipinski definition) is 3. The molecular formula is C18H17N7O4. The number of nitrogens with zero attached hydrogens (tertiary/aromatic N) is 4. The Kier molecular flexibility index (Phi) is 5.78. The summed E-state index contributed by atoms with van der Waals surface area (Å²) in [4.78, 5) is 35.3. The third-order valence-electron chi connectivity index (χ3n) is 3.90. The van der Waals surface area contributed by atoms with Gasteiger partial charge < -0.3 is 10.1 Å². The Labute approximate surface area is 165 Å². The number of hydrazine groups is 1. The molecule has 1 aromatic carbocycles. The average Bonchev–Trinajstić information content (AvgIpc) is 2.73. The van der Waals surface area contributed by atoms with Gasteiger partial charge in [0.25, 0.3) is 5.91 Å². The summed E-state index contributed by atoms with van der Waals surface area (Å²) in [5.74, 6) is -0.0362. The van der Waals surface area contributed by atoms with Gasteiger partial charge in [-0.3, -0.25) is 25.8 Å². The van der Waals surface area contributed by atoms with E-state index in [-0.39, 0.29) is 17.2 Å². The molecule has 0 fully saturated rings. The number of rotatable bonds is 7. The molecule has 3 rings (SSSR count). The minimum Gasteiger partial charge on any atom is -0.496 e. The summed E-state index contributed by atoms with van der Waals surface area (Å²) in [7, 11) is 1.44. The van der Waals surface area contributed by atoms with Crippen molar-refractivity contribution >= 4 is 29.0 Å². The van der Waals surface area contributed by atoms with E-state index in [1.165, 1.54) is 7.11 Å². The molecule has 0 aliphatic heterocycles. The summed E-state index contributed by atoms with van der Waals surface area (Å²) >= 11 is 0. The van der Waals surface area contributed by atoms with E-state index in [1.54, 1.807) is 49.5 Å². The van der Waals surface area contributed by atoms with Gasteiger partial charge in [-0.05, 0) is 30.7 Å². The normalized spacial score (nSPS) is 10.1. The minimum absolute atomic E-state index is 0.0687. The molecule has 0 spiro atoms. The standard InChI is InChI=1S/C18H17N7O4/c1-11-6-5-9-19-15(11)22-16-14(25(27)28)17(21-10-20-16)23-24-18(26)12-7-3-4-8-13(12)29-2/h3-10H,1-2H3,(H,24,26)(H2,19,20,21,22,23). The first-order chi connectivity index (χ1) is 14.0. The second-order valence-corrected chi connectivity index (χ2v) is 5.75. The number of methoxy groups -OCH3 is 1. The zero-order chi connectivity index (χ0) is 20.8. The number of hydrogen-bond acceptors (Lipinski definition) is 9. The van der Waals surface area contributed by atoms with E-state index in [2.05, 4.69) is 31.1 Å². The molecule has 1 amide bonds. The van der Waals surface area contributed by atoms with E-state index < -0.39 is 16.5 Å². The van der Waals surface area contributed by atoms with Crippen molar-refractivity contribution in [1.82, 2.24) is 20.4 Å². The Morgan fingerprint density at radius 1 is 1.07 bits per heavy atom. The fraction of sp³-hybridized carbons (Fsp3) is 0.111. The van der Waals surface area contributed by atoms with Crippen molar-refractivity contribution < 1.29 is 14.5 Å². The van der Waals surface area contributed by atoms with E-state index >= 15 is 0 Å². The number of benzene rings is 1. The van der Waals surface area contributed by atoms with Crippen LogP contribution < -0.4 is 20.9 Å². The number of anilines is 3. The molecule has 0 atom stereocenters. The van der Waals surface area contributed by atoms with Crippen molar-refractivity contribution in [3.63, 3.8) is 0 Å². The highest BCUT2D eigenvalue weighted by atomic mass is 16.6. The molecule has 0 unspecified atom stereocenters. The molecule has 11 nitrogen and oxygen atoms in total. The second kappa shape index (κ2) is 8.61. The monoisotopic (exact) mass is 395 g/mol. The maximum atomic E-state index is 12.4. The Morgan fingerprint density at radius 2 is 1.83 bits per heavy atom. The Balaban J connectivity index is 1.85. The van der Waals surface area contributed by atoms with Gasteiger partial charge >= 0.3 is 5.69 Å². The predicted molar refractivity (Wildman–Crippen MR) is 105 cm³/mol. The molecule has 0 radical (unpaired) electrons. The lowest BCUT2D eigenvalue weighted by Gasteiger charge is -2.12. The van der Waals surface area contributed by atoms with Crippen LogP contribution in [0.4, 0.5) is 23.1 Å². The van der Waals surface area contributed by atoms with Gasteiger partial charge in [0, 0.05) is 6.20 Å². The Morgan fingerprint density at radius 3 is 2.55 bits per heavy atom. The van der Waals surface area contributed by atoms with Crippen molar-refractivity contribution in [3.8, 4) is 5.75 Å². The molecule has 0 aliphatic carbocycles. The number of nitro groups is 1. The van der Waals surface area contributed by atoms with Crippen molar-refractivity contribution in [3.05, 3.63) is 70.2 Å². The molecule has 11 heteroatoms. The third kappa shape index (κ3) is 4.35. The highest BCUT2D eigenvalue weighted by Crippen LogP contribution is 2.31. The number of carbonyl (C=O) groups is 1. The van der Waals surface area contributed by atoms with E-state index in [0.29, 0.717) is 11.6 Å². The van der Waals surface area contributed by atoms with Crippen LogP contribution in [-0.4, -0.2) is 32.9 Å². The molecular weight excluding hydrogens is 378 g/mol. The number of carbonyl (C=O) groups excluding carboxylic acids is 1. The van der Waals surface area contributed by atoms with Crippen molar-refractivity contribution in [2.24, 2.45) is 0 Å². The van der Waals surface area contributed by atoms with Gasteiger partial charge in [-0.2, -0.15) is 0 Å². The van der Waals surface area contributed by atoms with Crippen LogP contribution in [-0.2, 0) is 0 Å². The maximum Gasteiger partial charge on any atom is 0.355 e. The molecule has 0 saturated carbocycles. The summed E-state index contributed by atoms with van der Waals surface area (Å²) in [6.07, 6.45) is 2.68. The summed E-state index contributed by atoms with van der Waals surface area (Å²) in [6.45, 7) is 1.80. The Hall–Kier alpha value is -4.28. The molecule has 29 heavy (non-hydrogen) atoms. The van der Waals surface area contributed by atoms with Gasteiger partial charge in [-0.1, -0.05) is 18.2 Å². The van der Waals surface area contributed by atoms with Gasteiger partial charge in [0.1, 0.15) is 17.9 Å². The Bertz CT molecular complexity index is 1060. The summed E-state index contributed by atoms with van der Waals surface area (Å²) in [6, 6.07) is 10.1. The number of aryl methyl sites for hydroxylation is 1. The van der Waals surface area contributed by atoms with Crippen LogP contribution >= 0.6 is 0 Å². The molecule has 148 valence electrons. The van der Waals surface area contributed by atoms with Gasteiger partial charge in [-0.15, -0.1) is 0 Å². The third-order valence-corrected chi connectivity index (χ3v) is 3.90. The van der Waals surface area contributed by atoms with Gasteiger partial charge in [0.05, 0.1) is 17.6 Å². The molecule has 0 saturated heterocycles. The highest BCUT2D eigenvalue weighted by molar-refractivity contribution is 5.97. The van der Waals surface area contributed by atoms with Crippen LogP contribution in [0.5, 0.6) is 5.75 Å². The highest BCUT2D eigenvalue weighted by Gasteiger charge is 2.24. The largest absolute Gasteiger partial charge is 0.496 e. The first kappa shape index (κ1) is 19.5. The van der Waals surface area contributed by atoms with Crippen LogP contribution in [0.3, 0.4) is 0 Å². The van der Waals surface area contributed by atoms with E-state index in [9.17, 15) is 14.9 Å². The average molecular weight is 395 g/mol. The fourth-order valence-corrected chi connectivity index (χ4v) is 2.48. The molecule has 3 aromatic rings. The number of amides is 1. The number of para-hydroxylation sites is 1. The van der Waals surface area contributed by atoms with Gasteiger partial charge in [-0.25, -0.2) is 15.0 Å². The van der Waals surface area contributed by atoms with E-state index in [0.717, 1.165) is 11.9 Å². The smallest absolute Gasteiger partial charge is 0.355 e. The second-order valence-electron chi connectivity index (χ2n) is 5.75. The zero-order valence-corrected chi connectivity index (χ0v) is 15.5. The lowest BCUT2D eigenvalue weighted by molar-refractivity contribution is -0.383. The number of ether oxygens (including phenoxy) is 1. The number of aromatic nitrogens is 3. The summed E-state index contributed by atoms with van der Waals surface area (Å²) < 4.78 is 5.14. The zero-order valence-electron chi connectivity index (χ0n) is 15.5. The summed E-state index contributed by atoms with van der Waals surface area (Å²) in [5.41, 5.74) is 5.44. The first-order valence-corrected chi connectivity index (χ1v) is 8.38. The maximum absolute atomic E-state index is 12.4. The molecule has 0 bridgehead atoms. The predicted octanol–water partition coefficient (Wildman–Crippen LogP) is 2.60. The quantitative estimate of drug-likeness (QED) is 0.406.